The monoisotopic (exact) mass is 354 g/mol. The molecule has 1 aromatic carbocycles. The van der Waals surface area contributed by atoms with Gasteiger partial charge in [0.1, 0.15) is 0 Å². The fourth-order valence-corrected chi connectivity index (χ4v) is 3.17. The maximum Gasteiger partial charge on any atom is 0.317 e. The molecule has 1 aliphatic rings. The zero-order chi connectivity index (χ0) is 15.4. The van der Waals surface area contributed by atoms with E-state index in [9.17, 15) is 4.79 Å². The van der Waals surface area contributed by atoms with Crippen LogP contribution in [-0.2, 0) is 11.3 Å². The van der Waals surface area contributed by atoms with Gasteiger partial charge in [-0.1, -0.05) is 28.1 Å². The number of nitrogens with zero attached hydrogens (tertiary/aromatic N) is 2. The summed E-state index contributed by atoms with van der Waals surface area (Å²) in [5.41, 5.74) is 2.61. The summed E-state index contributed by atoms with van der Waals surface area (Å²) in [7, 11) is 1.91. The first-order valence-electron chi connectivity index (χ1n) is 7.35. The highest BCUT2D eigenvalue weighted by molar-refractivity contribution is 9.10. The number of aliphatic carboxylic acids is 1. The molecule has 1 fully saturated rings. The summed E-state index contributed by atoms with van der Waals surface area (Å²) < 4.78 is 1.15. The van der Waals surface area contributed by atoms with E-state index >= 15 is 0 Å². The molecule has 0 aliphatic carbocycles. The number of hydrogen-bond donors (Lipinski definition) is 1. The van der Waals surface area contributed by atoms with Crippen molar-refractivity contribution < 1.29 is 9.90 Å². The standard InChI is InChI=1S/C16H23BrN2O2/c1-12-9-13(3-4-15(12)17)10-19-7-5-14(6-8-19)18(2)11-16(20)21/h3-4,9,14H,5-8,10-11H2,1-2H3,(H,20,21). The van der Waals surface area contributed by atoms with Crippen LogP contribution in [0.3, 0.4) is 0 Å². The summed E-state index contributed by atoms with van der Waals surface area (Å²) in [6, 6.07) is 6.90. The molecule has 0 unspecified atom stereocenters. The molecule has 5 heteroatoms. The Morgan fingerprint density at radius 2 is 2.10 bits per heavy atom. The predicted molar refractivity (Wildman–Crippen MR) is 87.4 cm³/mol. The summed E-state index contributed by atoms with van der Waals surface area (Å²) in [5.74, 6) is -0.745. The molecule has 4 nitrogen and oxygen atoms in total. The Hall–Kier alpha value is -0.910. The first-order chi connectivity index (χ1) is 9.95. The quantitative estimate of drug-likeness (QED) is 0.882. The second-order valence-corrected chi connectivity index (χ2v) is 6.75. The number of benzene rings is 1. The molecule has 1 aromatic rings. The van der Waals surface area contributed by atoms with Gasteiger partial charge in [-0.25, -0.2) is 0 Å². The number of carboxylic acids is 1. The van der Waals surface area contributed by atoms with Crippen LogP contribution in [0, 0.1) is 6.92 Å². The number of carbonyl (C=O) groups is 1. The van der Waals surface area contributed by atoms with Crippen molar-refractivity contribution in [3.63, 3.8) is 0 Å². The van der Waals surface area contributed by atoms with Gasteiger partial charge in [0.2, 0.25) is 0 Å². The van der Waals surface area contributed by atoms with Gasteiger partial charge in [-0.05, 0) is 57.1 Å². The van der Waals surface area contributed by atoms with Gasteiger partial charge in [0.15, 0.2) is 0 Å². The molecule has 0 atom stereocenters. The van der Waals surface area contributed by atoms with Gasteiger partial charge in [-0.3, -0.25) is 14.6 Å². The highest BCUT2D eigenvalue weighted by atomic mass is 79.9. The maximum absolute atomic E-state index is 10.8. The maximum atomic E-state index is 10.8. The number of likely N-dealkylation sites (tertiary alicyclic amines) is 1. The number of halogens is 1. The van der Waals surface area contributed by atoms with E-state index in [4.69, 9.17) is 5.11 Å². The lowest BCUT2D eigenvalue weighted by atomic mass is 10.0. The Morgan fingerprint density at radius 1 is 1.43 bits per heavy atom. The molecule has 0 bridgehead atoms. The molecular formula is C16H23BrN2O2. The van der Waals surface area contributed by atoms with E-state index in [1.165, 1.54) is 11.1 Å². The van der Waals surface area contributed by atoms with E-state index in [0.29, 0.717) is 6.04 Å². The number of hydrogen-bond acceptors (Lipinski definition) is 3. The molecule has 1 heterocycles. The Morgan fingerprint density at radius 3 is 2.67 bits per heavy atom. The van der Waals surface area contributed by atoms with E-state index in [0.717, 1.165) is 36.9 Å². The second kappa shape index (κ2) is 7.38. The lowest BCUT2D eigenvalue weighted by molar-refractivity contribution is -0.138. The molecule has 1 N–H and O–H groups in total. The number of likely N-dealkylation sites (N-methyl/N-ethyl adjacent to an activating group) is 1. The third kappa shape index (κ3) is 4.80. The normalized spacial score (nSPS) is 17.3. The summed E-state index contributed by atoms with van der Waals surface area (Å²) >= 11 is 3.53. The molecule has 2 rings (SSSR count). The number of aryl methyl sites for hydroxylation is 1. The van der Waals surface area contributed by atoms with Crippen LogP contribution >= 0.6 is 15.9 Å². The van der Waals surface area contributed by atoms with Crippen molar-refractivity contribution in [2.24, 2.45) is 0 Å². The molecule has 0 saturated carbocycles. The van der Waals surface area contributed by atoms with Gasteiger partial charge in [0, 0.05) is 17.1 Å². The summed E-state index contributed by atoms with van der Waals surface area (Å²) in [5, 5.41) is 8.85. The van der Waals surface area contributed by atoms with Gasteiger partial charge >= 0.3 is 5.97 Å². The summed E-state index contributed by atoms with van der Waals surface area (Å²) in [6.45, 7) is 5.29. The first-order valence-corrected chi connectivity index (χ1v) is 8.14. The van der Waals surface area contributed by atoms with Crippen molar-refractivity contribution in [1.82, 2.24) is 9.80 Å². The average molecular weight is 355 g/mol. The van der Waals surface area contributed by atoms with Crippen molar-refractivity contribution in [2.75, 3.05) is 26.7 Å². The molecule has 1 saturated heterocycles. The molecule has 0 amide bonds. The van der Waals surface area contributed by atoms with E-state index in [2.05, 4.69) is 46.0 Å². The van der Waals surface area contributed by atoms with Crippen LogP contribution in [0.1, 0.15) is 24.0 Å². The van der Waals surface area contributed by atoms with Gasteiger partial charge < -0.3 is 5.11 Å². The molecule has 0 aromatic heterocycles. The Balaban J connectivity index is 1.83. The van der Waals surface area contributed by atoms with Gasteiger partial charge in [-0.15, -0.1) is 0 Å². The molecular weight excluding hydrogens is 332 g/mol. The lowest BCUT2D eigenvalue weighted by Crippen LogP contribution is -2.44. The topological polar surface area (TPSA) is 43.8 Å². The molecule has 0 spiro atoms. The SMILES string of the molecule is Cc1cc(CN2CCC(N(C)CC(=O)O)CC2)ccc1Br. The second-order valence-electron chi connectivity index (χ2n) is 5.90. The number of piperidine rings is 1. The van der Waals surface area contributed by atoms with Crippen LogP contribution in [0.5, 0.6) is 0 Å². The number of carboxylic acid groups (broad SMARTS) is 1. The zero-order valence-corrected chi connectivity index (χ0v) is 14.3. The molecule has 116 valence electrons. The third-order valence-electron chi connectivity index (χ3n) is 4.19. The van der Waals surface area contributed by atoms with E-state index in [-0.39, 0.29) is 6.54 Å². The van der Waals surface area contributed by atoms with Crippen LogP contribution in [-0.4, -0.2) is 53.6 Å². The molecule has 0 radical (unpaired) electrons. The third-order valence-corrected chi connectivity index (χ3v) is 5.08. The highest BCUT2D eigenvalue weighted by Crippen LogP contribution is 2.21. The Labute approximate surface area is 134 Å². The minimum Gasteiger partial charge on any atom is -0.480 e. The van der Waals surface area contributed by atoms with Gasteiger partial charge in [-0.2, -0.15) is 0 Å². The van der Waals surface area contributed by atoms with Crippen LogP contribution in [0.25, 0.3) is 0 Å². The minimum atomic E-state index is -0.745. The summed E-state index contributed by atoms with van der Waals surface area (Å²) in [6.07, 6.45) is 2.08. The van der Waals surface area contributed by atoms with Crippen molar-refractivity contribution in [3.05, 3.63) is 33.8 Å². The van der Waals surface area contributed by atoms with Crippen LogP contribution in [0.2, 0.25) is 0 Å². The lowest BCUT2D eigenvalue weighted by Gasteiger charge is -2.36. The predicted octanol–water partition coefficient (Wildman–Crippen LogP) is 2.74. The van der Waals surface area contributed by atoms with E-state index < -0.39 is 5.97 Å². The Kier molecular flexibility index (Phi) is 5.79. The molecule has 1 aliphatic heterocycles. The van der Waals surface area contributed by atoms with Gasteiger partial charge in [0.05, 0.1) is 6.54 Å². The average Bonchev–Trinajstić information content (AvgIpc) is 2.43. The fraction of sp³-hybridized carbons (Fsp3) is 0.562. The van der Waals surface area contributed by atoms with E-state index in [1.807, 2.05) is 11.9 Å². The van der Waals surface area contributed by atoms with Crippen molar-refractivity contribution in [2.45, 2.75) is 32.4 Å². The van der Waals surface area contributed by atoms with Crippen molar-refractivity contribution in [1.29, 1.82) is 0 Å². The number of rotatable bonds is 5. The largest absolute Gasteiger partial charge is 0.480 e. The Bertz CT molecular complexity index is 499. The fourth-order valence-electron chi connectivity index (χ4n) is 2.92. The zero-order valence-electron chi connectivity index (χ0n) is 12.7. The molecule has 21 heavy (non-hydrogen) atoms. The van der Waals surface area contributed by atoms with Crippen LogP contribution in [0.4, 0.5) is 0 Å². The highest BCUT2D eigenvalue weighted by Gasteiger charge is 2.23. The van der Waals surface area contributed by atoms with Crippen molar-refractivity contribution >= 4 is 21.9 Å². The first kappa shape index (κ1) is 16.5. The van der Waals surface area contributed by atoms with E-state index in [1.54, 1.807) is 0 Å². The van der Waals surface area contributed by atoms with Crippen LogP contribution in [0.15, 0.2) is 22.7 Å². The van der Waals surface area contributed by atoms with Crippen LogP contribution < -0.4 is 0 Å². The van der Waals surface area contributed by atoms with Crippen molar-refractivity contribution in [3.8, 4) is 0 Å². The smallest absolute Gasteiger partial charge is 0.317 e. The summed E-state index contributed by atoms with van der Waals surface area (Å²) in [4.78, 5) is 15.2. The minimum absolute atomic E-state index is 0.135. The van der Waals surface area contributed by atoms with Gasteiger partial charge in [0.25, 0.3) is 0 Å².